The highest BCUT2D eigenvalue weighted by Crippen LogP contribution is 2.52. The fraction of sp³-hybridized carbons (Fsp3) is 0.286. The fourth-order valence-electron chi connectivity index (χ4n) is 11.4. The van der Waals surface area contributed by atoms with Crippen molar-refractivity contribution in [3.8, 4) is 11.1 Å². The molecule has 0 radical (unpaired) electrons. The van der Waals surface area contributed by atoms with Crippen LogP contribution in [-0.4, -0.2) is 6.71 Å². The molecule has 0 N–H and O–H groups in total. The highest BCUT2D eigenvalue weighted by atomic mass is 16.3. The van der Waals surface area contributed by atoms with E-state index in [1.807, 2.05) is 0 Å². The van der Waals surface area contributed by atoms with Gasteiger partial charge in [0, 0.05) is 45.1 Å². The molecule has 0 bridgehead atoms. The van der Waals surface area contributed by atoms with Crippen LogP contribution in [0.4, 0.5) is 51.2 Å². The Bertz CT molecular complexity index is 3570. The number of fused-ring (bicyclic) bond motifs is 6. The second-order valence-corrected chi connectivity index (χ2v) is 26.4. The molecule has 1 aromatic heterocycles. The van der Waals surface area contributed by atoms with Gasteiger partial charge < -0.3 is 19.1 Å². The average Bonchev–Trinajstić information content (AvgIpc) is 3.75. The third kappa shape index (κ3) is 8.86. The quantitative estimate of drug-likeness (QED) is 0.155. The third-order valence-electron chi connectivity index (χ3n) is 15.8. The van der Waals surface area contributed by atoms with E-state index in [4.69, 9.17) is 4.42 Å². The minimum Gasteiger partial charge on any atom is -0.468 e. The number of nitrogens with zero attached hydrogens (tertiary/aromatic N) is 3. The largest absolute Gasteiger partial charge is 0.468 e. The van der Waals surface area contributed by atoms with Gasteiger partial charge in [0.25, 0.3) is 6.71 Å². The minimum atomic E-state index is -0.228. The van der Waals surface area contributed by atoms with Gasteiger partial charge in [-0.05, 0) is 150 Å². The summed E-state index contributed by atoms with van der Waals surface area (Å²) in [6.45, 7) is 34.4. The lowest BCUT2D eigenvalue weighted by molar-refractivity contribution is 0.587. The molecule has 0 unspecified atom stereocenters. The van der Waals surface area contributed by atoms with Crippen molar-refractivity contribution < 1.29 is 4.42 Å². The topological polar surface area (TPSA) is 22.9 Å². The van der Waals surface area contributed by atoms with Crippen LogP contribution in [0.15, 0.2) is 180 Å². The lowest BCUT2D eigenvalue weighted by atomic mass is 9.35. The predicted octanol–water partition coefficient (Wildman–Crippen LogP) is 18.1. The van der Waals surface area contributed by atoms with Crippen molar-refractivity contribution in [1.29, 1.82) is 0 Å². The zero-order chi connectivity index (χ0) is 53.1. The molecule has 2 aliphatic heterocycles. The van der Waals surface area contributed by atoms with Crippen LogP contribution in [0.1, 0.15) is 132 Å². The Balaban J connectivity index is 1.31. The predicted molar refractivity (Wildman–Crippen MR) is 324 cm³/mol. The monoisotopic (exact) mass is 984 g/mol. The van der Waals surface area contributed by atoms with Gasteiger partial charge in [0.2, 0.25) is 0 Å². The molecular weight excluding hydrogens is 910 g/mol. The second kappa shape index (κ2) is 17.7. The molecule has 0 atom stereocenters. The molecule has 9 aromatic rings. The van der Waals surface area contributed by atoms with Crippen molar-refractivity contribution in [2.75, 3.05) is 14.7 Å². The third-order valence-corrected chi connectivity index (χ3v) is 15.8. The summed E-state index contributed by atoms with van der Waals surface area (Å²) < 4.78 is 7.56. The highest BCUT2D eigenvalue weighted by Gasteiger charge is 2.48. The molecule has 378 valence electrons. The Morgan fingerprint density at radius 3 is 1.37 bits per heavy atom. The molecule has 11 rings (SSSR count). The number of anilines is 9. The zero-order valence-corrected chi connectivity index (χ0v) is 47.1. The molecular formula is C70H74BN3O. The molecule has 0 aliphatic carbocycles. The zero-order valence-electron chi connectivity index (χ0n) is 47.1. The molecule has 0 saturated carbocycles. The van der Waals surface area contributed by atoms with Gasteiger partial charge in [0.1, 0.15) is 5.58 Å². The maximum atomic E-state index is 7.56. The van der Waals surface area contributed by atoms with Gasteiger partial charge in [-0.3, -0.25) is 0 Å². The van der Waals surface area contributed by atoms with Crippen LogP contribution < -0.4 is 31.3 Å². The average molecular weight is 984 g/mol. The number of benzene rings is 8. The van der Waals surface area contributed by atoms with Crippen molar-refractivity contribution in [3.05, 3.63) is 204 Å². The first-order chi connectivity index (χ1) is 35.4. The summed E-state index contributed by atoms with van der Waals surface area (Å²) in [5.41, 5.74) is 22.8. The molecule has 2 aliphatic rings. The standard InChI is InChI=1S/C70H74BN3O/c1-66(2,3)46-28-26-45(27-29-46)56-40-48(68(7,8)9)33-38-58(56)74-59-39-34-49(69(10,11)12)41-57(59)71-63-60(43-54(44-61(63)74)72(51-22-18-16-19-23-51)52-24-20-17-21-25-52)73(53-35-30-47(31-36-53)67(4,5)6)64-55-37-32-50(70(13,14)15)42-62(55)75-65(64)71/h16-44H,1-15H3. The van der Waals surface area contributed by atoms with Gasteiger partial charge in [0.15, 0.2) is 0 Å². The van der Waals surface area contributed by atoms with E-state index in [1.165, 1.54) is 49.9 Å². The lowest BCUT2D eigenvalue weighted by Gasteiger charge is -2.44. The van der Waals surface area contributed by atoms with E-state index < -0.39 is 0 Å². The van der Waals surface area contributed by atoms with Gasteiger partial charge in [-0.25, -0.2) is 0 Å². The molecule has 75 heavy (non-hydrogen) atoms. The Labute approximate surface area is 448 Å². The van der Waals surface area contributed by atoms with Crippen molar-refractivity contribution in [2.24, 2.45) is 0 Å². The second-order valence-electron chi connectivity index (χ2n) is 26.4. The number of furan rings is 1. The molecule has 3 heterocycles. The first-order valence-electron chi connectivity index (χ1n) is 27.1. The van der Waals surface area contributed by atoms with E-state index in [2.05, 4.69) is 294 Å². The highest BCUT2D eigenvalue weighted by molar-refractivity contribution is 7.00. The maximum absolute atomic E-state index is 7.56. The van der Waals surface area contributed by atoms with E-state index >= 15 is 0 Å². The summed E-state index contributed by atoms with van der Waals surface area (Å²) in [7, 11) is 0. The van der Waals surface area contributed by atoms with Gasteiger partial charge in [0.05, 0.1) is 22.7 Å². The first-order valence-corrected chi connectivity index (χ1v) is 27.1. The summed E-state index contributed by atoms with van der Waals surface area (Å²) in [6.07, 6.45) is 0. The first kappa shape index (κ1) is 49.9. The normalized spacial score (nSPS) is 13.7. The molecule has 0 amide bonds. The van der Waals surface area contributed by atoms with Crippen molar-refractivity contribution >= 4 is 85.5 Å². The number of hydrogen-bond acceptors (Lipinski definition) is 4. The van der Waals surface area contributed by atoms with Gasteiger partial charge in [-0.1, -0.05) is 201 Å². The molecule has 4 nitrogen and oxygen atoms in total. The van der Waals surface area contributed by atoms with Gasteiger partial charge >= 0.3 is 0 Å². The van der Waals surface area contributed by atoms with Gasteiger partial charge in [-0.15, -0.1) is 0 Å². The molecule has 0 saturated heterocycles. The van der Waals surface area contributed by atoms with Crippen LogP contribution >= 0.6 is 0 Å². The van der Waals surface area contributed by atoms with Crippen LogP contribution in [0.5, 0.6) is 0 Å². The Hall–Kier alpha value is -7.24. The number of para-hydroxylation sites is 2. The van der Waals surface area contributed by atoms with Crippen LogP contribution in [0, 0.1) is 0 Å². The Morgan fingerprint density at radius 1 is 0.387 bits per heavy atom. The summed E-state index contributed by atoms with van der Waals surface area (Å²) >= 11 is 0. The fourth-order valence-corrected chi connectivity index (χ4v) is 11.4. The SMILES string of the molecule is CC(C)(C)c1ccc(-c2cc(C(C)(C)C)ccc2N2c3ccc(C(C)(C)C)cc3B3c4oc5cc(C(C)(C)C)ccc5c4N(c4ccc(C(C)(C)C)cc4)c4cc(N(c5ccccc5)c5ccccc5)cc2c43)cc1. The van der Waals surface area contributed by atoms with E-state index in [1.54, 1.807) is 0 Å². The van der Waals surface area contributed by atoms with Crippen molar-refractivity contribution in [2.45, 2.75) is 131 Å². The van der Waals surface area contributed by atoms with E-state index in [0.717, 1.165) is 67.8 Å². The van der Waals surface area contributed by atoms with Crippen LogP contribution in [-0.2, 0) is 27.1 Å². The summed E-state index contributed by atoms with van der Waals surface area (Å²) in [6, 6.07) is 66.7. The van der Waals surface area contributed by atoms with Crippen LogP contribution in [0.2, 0.25) is 0 Å². The molecule has 5 heteroatoms. The summed E-state index contributed by atoms with van der Waals surface area (Å²) in [5, 5.41) is 1.10. The van der Waals surface area contributed by atoms with Crippen LogP contribution in [0.3, 0.4) is 0 Å². The lowest BCUT2D eigenvalue weighted by Crippen LogP contribution is -2.61. The van der Waals surface area contributed by atoms with E-state index in [-0.39, 0.29) is 33.8 Å². The molecule has 8 aromatic carbocycles. The smallest absolute Gasteiger partial charge is 0.297 e. The Kier molecular flexibility index (Phi) is 11.8. The van der Waals surface area contributed by atoms with Crippen molar-refractivity contribution in [1.82, 2.24) is 0 Å². The summed E-state index contributed by atoms with van der Waals surface area (Å²) in [4.78, 5) is 7.56. The van der Waals surface area contributed by atoms with E-state index in [9.17, 15) is 0 Å². The Morgan fingerprint density at radius 2 is 0.840 bits per heavy atom. The molecule has 0 spiro atoms. The number of rotatable bonds is 6. The van der Waals surface area contributed by atoms with Crippen molar-refractivity contribution in [3.63, 3.8) is 0 Å². The minimum absolute atomic E-state index is 0.0182. The number of hydrogen-bond donors (Lipinski definition) is 0. The maximum Gasteiger partial charge on any atom is 0.297 e. The van der Waals surface area contributed by atoms with Gasteiger partial charge in [-0.2, -0.15) is 0 Å². The van der Waals surface area contributed by atoms with E-state index in [0.29, 0.717) is 0 Å². The summed E-state index contributed by atoms with van der Waals surface area (Å²) in [5.74, 6) is 0. The van der Waals surface area contributed by atoms with Crippen LogP contribution in [0.25, 0.3) is 22.1 Å². The molecule has 0 fully saturated rings.